The van der Waals surface area contributed by atoms with Crippen LogP contribution in [-0.4, -0.2) is 48.6 Å². The van der Waals surface area contributed by atoms with Gasteiger partial charge >= 0.3 is 6.18 Å². The Morgan fingerprint density at radius 1 is 1.15 bits per heavy atom. The number of aliphatic hydroxyl groups is 1. The van der Waals surface area contributed by atoms with Crippen molar-refractivity contribution in [3.8, 4) is 0 Å². The largest absolute Gasteiger partial charge is 0.417 e. The Labute approximate surface area is 150 Å². The lowest BCUT2D eigenvalue weighted by atomic mass is 10.0. The summed E-state index contributed by atoms with van der Waals surface area (Å²) in [4.78, 5) is 11.8. The van der Waals surface area contributed by atoms with E-state index in [4.69, 9.17) is 0 Å². The summed E-state index contributed by atoms with van der Waals surface area (Å²) < 4.78 is 64.2. The van der Waals surface area contributed by atoms with Crippen LogP contribution in [0.1, 0.15) is 32.6 Å². The summed E-state index contributed by atoms with van der Waals surface area (Å²) in [5.74, 6) is -1.03. The van der Waals surface area contributed by atoms with Gasteiger partial charge in [0.2, 0.25) is 15.9 Å². The number of hydrogen-bond donors (Lipinski definition) is 2. The minimum Gasteiger partial charge on any atom is -0.380 e. The third-order valence-electron chi connectivity index (χ3n) is 4.21. The van der Waals surface area contributed by atoms with Gasteiger partial charge in [-0.2, -0.15) is 17.5 Å². The summed E-state index contributed by atoms with van der Waals surface area (Å²) in [6.07, 6.45) is -3.52. The summed E-state index contributed by atoms with van der Waals surface area (Å²) in [6.45, 7) is 1.42. The fraction of sp³-hybridized carbons (Fsp3) is 0.562. The highest BCUT2D eigenvalue weighted by molar-refractivity contribution is 7.89. The number of nitrogens with one attached hydrogen (secondary N) is 1. The van der Waals surface area contributed by atoms with Crippen molar-refractivity contribution < 1.29 is 31.5 Å². The van der Waals surface area contributed by atoms with Crippen LogP contribution in [0.25, 0.3) is 0 Å². The predicted molar refractivity (Wildman–Crippen MR) is 89.0 cm³/mol. The minimum atomic E-state index is -4.93. The number of carbonyl (C=O) groups excluding carboxylic acids is 1. The van der Waals surface area contributed by atoms with E-state index >= 15 is 0 Å². The zero-order chi connectivity index (χ0) is 19.6. The van der Waals surface area contributed by atoms with Crippen LogP contribution in [0, 0.1) is 0 Å². The molecule has 2 N–H and O–H groups in total. The Kier molecular flexibility index (Phi) is 5.99. The van der Waals surface area contributed by atoms with E-state index in [1.165, 1.54) is 28.6 Å². The fourth-order valence-corrected chi connectivity index (χ4v) is 4.10. The van der Waals surface area contributed by atoms with E-state index in [-0.39, 0.29) is 10.6 Å². The molecule has 1 saturated heterocycles. The van der Waals surface area contributed by atoms with Crippen molar-refractivity contribution in [3.05, 3.63) is 24.3 Å². The molecular weight excluding hydrogens is 373 g/mol. The second kappa shape index (κ2) is 7.53. The Balaban J connectivity index is 2.04. The molecule has 6 nitrogen and oxygen atoms in total. The van der Waals surface area contributed by atoms with E-state index < -0.39 is 34.1 Å². The lowest BCUT2D eigenvalue weighted by molar-refractivity contribution is -0.252. The molecule has 2 rings (SSSR count). The van der Waals surface area contributed by atoms with Crippen LogP contribution in [0.4, 0.5) is 18.9 Å². The van der Waals surface area contributed by atoms with Crippen LogP contribution >= 0.6 is 0 Å². The zero-order valence-electron chi connectivity index (χ0n) is 14.2. The lowest BCUT2D eigenvalue weighted by Crippen LogP contribution is -2.44. The number of hydrogen-bond acceptors (Lipinski definition) is 4. The van der Waals surface area contributed by atoms with Crippen molar-refractivity contribution in [2.24, 2.45) is 0 Å². The molecule has 1 fully saturated rings. The molecule has 1 amide bonds. The van der Waals surface area contributed by atoms with Gasteiger partial charge in [0.25, 0.3) is 0 Å². The molecule has 1 atom stereocenters. The molecule has 1 aliphatic rings. The second-order valence-electron chi connectivity index (χ2n) is 6.49. The number of rotatable bonds is 5. The van der Waals surface area contributed by atoms with Crippen molar-refractivity contribution in [1.29, 1.82) is 0 Å². The molecule has 1 aromatic carbocycles. The maximum Gasteiger partial charge on any atom is 0.417 e. The monoisotopic (exact) mass is 394 g/mol. The number of carbonyl (C=O) groups is 1. The number of halogens is 3. The van der Waals surface area contributed by atoms with Gasteiger partial charge in [-0.15, -0.1) is 0 Å². The molecule has 26 heavy (non-hydrogen) atoms. The topological polar surface area (TPSA) is 86.7 Å². The molecule has 146 valence electrons. The molecule has 1 aromatic rings. The fourth-order valence-electron chi connectivity index (χ4n) is 2.58. The van der Waals surface area contributed by atoms with E-state index in [0.717, 1.165) is 19.3 Å². The number of alkyl halides is 3. The van der Waals surface area contributed by atoms with E-state index in [1.54, 1.807) is 0 Å². The van der Waals surface area contributed by atoms with Gasteiger partial charge in [-0.1, -0.05) is 6.42 Å². The van der Waals surface area contributed by atoms with Gasteiger partial charge in [-0.25, -0.2) is 8.42 Å². The van der Waals surface area contributed by atoms with Crippen molar-refractivity contribution in [2.45, 2.75) is 49.3 Å². The van der Waals surface area contributed by atoms with Crippen LogP contribution < -0.4 is 5.32 Å². The number of benzene rings is 1. The number of nitrogens with zero attached hydrogens (tertiary/aromatic N) is 1. The van der Waals surface area contributed by atoms with E-state index in [1.807, 2.05) is 0 Å². The number of sulfonamides is 1. The van der Waals surface area contributed by atoms with Gasteiger partial charge in [-0.05, 0) is 44.0 Å². The van der Waals surface area contributed by atoms with Crippen LogP contribution in [0.3, 0.4) is 0 Å². The first-order chi connectivity index (χ1) is 11.9. The summed E-state index contributed by atoms with van der Waals surface area (Å²) in [5, 5.41) is 11.5. The van der Waals surface area contributed by atoms with Gasteiger partial charge in [0.1, 0.15) is 0 Å². The highest BCUT2D eigenvalue weighted by atomic mass is 32.2. The molecule has 1 heterocycles. The highest BCUT2D eigenvalue weighted by Crippen LogP contribution is 2.33. The molecule has 0 spiro atoms. The summed E-state index contributed by atoms with van der Waals surface area (Å²) in [6, 6.07) is 5.19. The van der Waals surface area contributed by atoms with Crippen LogP contribution in [0.15, 0.2) is 29.2 Å². The Hall–Kier alpha value is -1.65. The van der Waals surface area contributed by atoms with Crippen molar-refractivity contribution >= 4 is 21.6 Å². The lowest BCUT2D eigenvalue weighted by Gasteiger charge is -2.26. The Morgan fingerprint density at radius 3 is 2.19 bits per heavy atom. The second-order valence-corrected chi connectivity index (χ2v) is 8.42. The molecule has 0 bridgehead atoms. The molecule has 0 aliphatic carbocycles. The Bertz CT molecular complexity index is 740. The summed E-state index contributed by atoms with van der Waals surface area (Å²) in [7, 11) is -3.62. The molecule has 0 aromatic heterocycles. The average molecular weight is 394 g/mol. The van der Waals surface area contributed by atoms with Gasteiger partial charge in [0.05, 0.1) is 11.3 Å². The predicted octanol–water partition coefficient (Wildman–Crippen LogP) is 2.50. The van der Waals surface area contributed by atoms with E-state index in [2.05, 4.69) is 5.32 Å². The average Bonchev–Trinajstić information content (AvgIpc) is 2.54. The standard InChI is InChI=1S/C16H21F3N2O4S/c1-15(23,16(17,18)19)11-14(22)20-12-5-7-13(8-6-12)26(24,25)21-9-3-2-4-10-21/h5-8,23H,2-4,9-11H2,1H3,(H,20,22)/t15-/m0/s1. The van der Waals surface area contributed by atoms with Crippen molar-refractivity contribution in [2.75, 3.05) is 18.4 Å². The number of piperidine rings is 1. The van der Waals surface area contributed by atoms with Crippen molar-refractivity contribution in [1.82, 2.24) is 4.31 Å². The van der Waals surface area contributed by atoms with Gasteiger partial charge in [0, 0.05) is 18.8 Å². The first-order valence-corrected chi connectivity index (χ1v) is 9.57. The SMILES string of the molecule is C[C@](O)(CC(=O)Nc1ccc(S(=O)(=O)N2CCCCC2)cc1)C(F)(F)F. The smallest absolute Gasteiger partial charge is 0.380 e. The maximum atomic E-state index is 12.6. The Morgan fingerprint density at radius 2 is 1.69 bits per heavy atom. The molecule has 1 aliphatic heterocycles. The molecule has 0 saturated carbocycles. The highest BCUT2D eigenvalue weighted by Gasteiger charge is 2.51. The normalized spacial score (nSPS) is 19.0. The van der Waals surface area contributed by atoms with E-state index in [9.17, 15) is 31.5 Å². The minimum absolute atomic E-state index is 0.0553. The van der Waals surface area contributed by atoms with Crippen LogP contribution in [0.5, 0.6) is 0 Å². The molecule has 10 heteroatoms. The zero-order valence-corrected chi connectivity index (χ0v) is 15.0. The summed E-state index contributed by atoms with van der Waals surface area (Å²) in [5.41, 5.74) is -3.00. The quantitative estimate of drug-likeness (QED) is 0.803. The third kappa shape index (κ3) is 4.74. The van der Waals surface area contributed by atoms with Crippen LogP contribution in [-0.2, 0) is 14.8 Å². The van der Waals surface area contributed by atoms with E-state index in [0.29, 0.717) is 20.0 Å². The first kappa shape index (κ1) is 20.7. The van der Waals surface area contributed by atoms with Gasteiger partial charge < -0.3 is 10.4 Å². The van der Waals surface area contributed by atoms with Gasteiger partial charge in [-0.3, -0.25) is 4.79 Å². The number of amides is 1. The summed E-state index contributed by atoms with van der Waals surface area (Å²) >= 11 is 0. The van der Waals surface area contributed by atoms with Gasteiger partial charge in [0.15, 0.2) is 5.60 Å². The first-order valence-electron chi connectivity index (χ1n) is 8.13. The van der Waals surface area contributed by atoms with Crippen molar-refractivity contribution in [3.63, 3.8) is 0 Å². The molecule has 0 radical (unpaired) electrons. The third-order valence-corrected chi connectivity index (χ3v) is 6.12. The molecular formula is C16H21F3N2O4S. The number of anilines is 1. The maximum absolute atomic E-state index is 12.6. The van der Waals surface area contributed by atoms with Crippen LogP contribution in [0.2, 0.25) is 0 Å². The molecule has 0 unspecified atom stereocenters.